The van der Waals surface area contributed by atoms with Crippen LogP contribution >= 0.6 is 11.6 Å². The standard InChI is InChI=1S/C27H22ClN3O3/c1-16-7-12-22-20(13-16)23(26(33)31(22)15-17-5-3-2-4-6-17)24-21(14-29)25(32)30-27(24,34)18-8-10-19(28)11-9-18/h2-13,21,23-24,34H,15H2,1H3,(H,30,32)/t21-,23+,24+,27-/m1/s1. The summed E-state index contributed by atoms with van der Waals surface area (Å²) in [4.78, 5) is 28.5. The van der Waals surface area contributed by atoms with Gasteiger partial charge in [0, 0.05) is 16.3 Å². The molecule has 4 atom stereocenters. The lowest BCUT2D eigenvalue weighted by molar-refractivity contribution is -0.126. The van der Waals surface area contributed by atoms with Crippen LogP contribution in [0.5, 0.6) is 0 Å². The van der Waals surface area contributed by atoms with E-state index in [-0.39, 0.29) is 5.91 Å². The molecule has 2 aliphatic heterocycles. The second kappa shape index (κ2) is 8.28. The van der Waals surface area contributed by atoms with E-state index in [1.165, 1.54) is 0 Å². The molecule has 2 amide bonds. The van der Waals surface area contributed by atoms with E-state index in [4.69, 9.17) is 11.6 Å². The van der Waals surface area contributed by atoms with Crippen molar-refractivity contribution in [1.82, 2.24) is 5.32 Å². The lowest BCUT2D eigenvalue weighted by atomic mass is 9.73. The molecule has 0 spiro atoms. The van der Waals surface area contributed by atoms with Crippen LogP contribution in [0.15, 0.2) is 72.8 Å². The van der Waals surface area contributed by atoms with Crippen molar-refractivity contribution in [2.24, 2.45) is 11.8 Å². The quantitative estimate of drug-likeness (QED) is 0.601. The fraction of sp³-hybridized carbons (Fsp3) is 0.222. The van der Waals surface area contributed by atoms with E-state index in [1.54, 1.807) is 29.2 Å². The Hall–Kier alpha value is -3.66. The molecule has 1 fully saturated rings. The maximum Gasteiger partial charge on any atom is 0.240 e. The van der Waals surface area contributed by atoms with E-state index < -0.39 is 29.4 Å². The minimum absolute atomic E-state index is 0.251. The van der Waals surface area contributed by atoms with Gasteiger partial charge >= 0.3 is 0 Å². The molecule has 2 N–H and O–H groups in total. The number of carbonyl (C=O) groups is 2. The van der Waals surface area contributed by atoms with Crippen LogP contribution in [0.25, 0.3) is 0 Å². The minimum atomic E-state index is -1.91. The molecule has 1 saturated heterocycles. The van der Waals surface area contributed by atoms with Gasteiger partial charge in [0.2, 0.25) is 11.8 Å². The molecule has 2 heterocycles. The predicted molar refractivity (Wildman–Crippen MR) is 128 cm³/mol. The van der Waals surface area contributed by atoms with Crippen molar-refractivity contribution in [3.05, 3.63) is 100 Å². The number of hydrogen-bond donors (Lipinski definition) is 2. The number of benzene rings is 3. The fourth-order valence-electron chi connectivity index (χ4n) is 5.16. The Bertz CT molecular complexity index is 1320. The maximum atomic E-state index is 14.0. The summed E-state index contributed by atoms with van der Waals surface area (Å²) in [5.74, 6) is -3.98. The number of carbonyl (C=O) groups excluding carboxylic acids is 2. The first kappa shape index (κ1) is 22.1. The Labute approximate surface area is 202 Å². The molecule has 34 heavy (non-hydrogen) atoms. The summed E-state index contributed by atoms with van der Waals surface area (Å²) < 4.78 is 0. The fourth-order valence-corrected chi connectivity index (χ4v) is 5.28. The lowest BCUT2D eigenvalue weighted by Gasteiger charge is -2.34. The van der Waals surface area contributed by atoms with Crippen LogP contribution in [-0.2, 0) is 21.9 Å². The Morgan fingerprint density at radius 3 is 2.47 bits per heavy atom. The van der Waals surface area contributed by atoms with E-state index >= 15 is 0 Å². The van der Waals surface area contributed by atoms with Crippen LogP contribution in [0.3, 0.4) is 0 Å². The van der Waals surface area contributed by atoms with Gasteiger partial charge in [-0.3, -0.25) is 9.59 Å². The van der Waals surface area contributed by atoms with Crippen LogP contribution in [0.2, 0.25) is 5.02 Å². The number of amides is 2. The highest BCUT2D eigenvalue weighted by Crippen LogP contribution is 2.52. The molecule has 0 radical (unpaired) electrons. The molecule has 0 bridgehead atoms. The van der Waals surface area contributed by atoms with E-state index in [2.05, 4.69) is 5.32 Å². The molecule has 0 aliphatic carbocycles. The summed E-state index contributed by atoms with van der Waals surface area (Å²) in [6, 6.07) is 23.8. The summed E-state index contributed by atoms with van der Waals surface area (Å²) in [5.41, 5.74) is 1.78. The maximum absolute atomic E-state index is 14.0. The number of hydrogen-bond acceptors (Lipinski definition) is 4. The first-order valence-electron chi connectivity index (χ1n) is 11.0. The number of aryl methyl sites for hydroxylation is 1. The normalized spacial score (nSPS) is 25.7. The van der Waals surface area contributed by atoms with Gasteiger partial charge in [-0.05, 0) is 36.2 Å². The topological polar surface area (TPSA) is 93.4 Å². The third-order valence-electron chi connectivity index (χ3n) is 6.74. The van der Waals surface area contributed by atoms with Crippen LogP contribution in [-0.4, -0.2) is 16.9 Å². The van der Waals surface area contributed by atoms with Gasteiger partial charge in [0.25, 0.3) is 0 Å². The van der Waals surface area contributed by atoms with Gasteiger partial charge in [-0.2, -0.15) is 5.26 Å². The molecule has 170 valence electrons. The number of nitriles is 1. The van der Waals surface area contributed by atoms with Crippen LogP contribution in [0, 0.1) is 30.1 Å². The summed E-state index contributed by atoms with van der Waals surface area (Å²) in [5, 5.41) is 24.8. The van der Waals surface area contributed by atoms with Gasteiger partial charge in [-0.1, -0.05) is 71.8 Å². The van der Waals surface area contributed by atoms with E-state index in [0.717, 1.165) is 16.8 Å². The summed E-state index contributed by atoms with van der Waals surface area (Å²) in [6.45, 7) is 2.27. The molecule has 6 nitrogen and oxygen atoms in total. The zero-order valence-electron chi connectivity index (χ0n) is 18.4. The third-order valence-corrected chi connectivity index (χ3v) is 7.00. The SMILES string of the molecule is Cc1ccc2c(c1)[C@@H]([C@@H]1[C@@H](C#N)C(=O)N[C@@]1(O)c1ccc(Cl)cc1)C(=O)N2Cc1ccccc1. The average Bonchev–Trinajstić information content (AvgIpc) is 3.23. The van der Waals surface area contributed by atoms with Crippen LogP contribution < -0.4 is 10.2 Å². The van der Waals surface area contributed by atoms with Gasteiger partial charge < -0.3 is 15.3 Å². The number of nitrogens with zero attached hydrogens (tertiary/aromatic N) is 2. The zero-order valence-corrected chi connectivity index (χ0v) is 19.2. The largest absolute Gasteiger partial charge is 0.366 e. The van der Waals surface area contributed by atoms with Crippen molar-refractivity contribution in [1.29, 1.82) is 5.26 Å². The molecule has 0 unspecified atom stereocenters. The van der Waals surface area contributed by atoms with Gasteiger partial charge in [-0.15, -0.1) is 0 Å². The van der Waals surface area contributed by atoms with E-state index in [9.17, 15) is 20.0 Å². The number of rotatable bonds is 4. The smallest absolute Gasteiger partial charge is 0.240 e. The van der Waals surface area contributed by atoms with E-state index in [1.807, 2.05) is 61.5 Å². The molecule has 0 saturated carbocycles. The first-order valence-corrected chi connectivity index (χ1v) is 11.4. The number of halogens is 1. The zero-order chi connectivity index (χ0) is 24.0. The Morgan fingerprint density at radius 2 is 1.79 bits per heavy atom. The molecular weight excluding hydrogens is 450 g/mol. The van der Waals surface area contributed by atoms with Crippen molar-refractivity contribution in [3.63, 3.8) is 0 Å². The molecule has 5 rings (SSSR count). The monoisotopic (exact) mass is 471 g/mol. The van der Waals surface area contributed by atoms with Gasteiger partial charge in [0.05, 0.1) is 24.4 Å². The minimum Gasteiger partial charge on any atom is -0.366 e. The van der Waals surface area contributed by atoms with Crippen molar-refractivity contribution >= 4 is 29.1 Å². The van der Waals surface area contributed by atoms with Crippen LogP contribution in [0.1, 0.15) is 28.2 Å². The lowest BCUT2D eigenvalue weighted by Crippen LogP contribution is -2.46. The molecule has 3 aromatic rings. The average molecular weight is 472 g/mol. The summed E-state index contributed by atoms with van der Waals surface area (Å²) >= 11 is 6.03. The Balaban J connectivity index is 1.65. The Kier molecular flexibility index (Phi) is 5.40. The summed E-state index contributed by atoms with van der Waals surface area (Å²) in [6.07, 6.45) is 0. The Morgan fingerprint density at radius 1 is 1.09 bits per heavy atom. The van der Waals surface area contributed by atoms with Gasteiger partial charge in [0.1, 0.15) is 5.92 Å². The highest BCUT2D eigenvalue weighted by Gasteiger charge is 2.61. The number of nitrogens with one attached hydrogen (secondary N) is 1. The van der Waals surface area contributed by atoms with Gasteiger partial charge in [0.15, 0.2) is 5.72 Å². The number of fused-ring (bicyclic) bond motifs is 1. The van der Waals surface area contributed by atoms with Crippen molar-refractivity contribution < 1.29 is 14.7 Å². The second-order valence-corrected chi connectivity index (χ2v) is 9.28. The second-order valence-electron chi connectivity index (χ2n) is 8.85. The molecule has 7 heteroatoms. The predicted octanol–water partition coefficient (Wildman–Crippen LogP) is 4.01. The van der Waals surface area contributed by atoms with Crippen LogP contribution in [0.4, 0.5) is 5.69 Å². The van der Waals surface area contributed by atoms with Crippen molar-refractivity contribution in [2.75, 3.05) is 4.90 Å². The van der Waals surface area contributed by atoms with E-state index in [0.29, 0.717) is 22.7 Å². The number of aliphatic hydroxyl groups is 1. The third kappa shape index (κ3) is 3.45. The highest BCUT2D eigenvalue weighted by atomic mass is 35.5. The molecule has 2 aliphatic rings. The highest BCUT2D eigenvalue weighted by molar-refractivity contribution is 6.30. The molecular formula is C27H22ClN3O3. The molecule has 3 aromatic carbocycles. The first-order chi connectivity index (χ1) is 16.3. The molecule has 0 aromatic heterocycles. The summed E-state index contributed by atoms with van der Waals surface area (Å²) in [7, 11) is 0. The van der Waals surface area contributed by atoms with Crippen molar-refractivity contribution in [3.8, 4) is 6.07 Å². The number of anilines is 1. The van der Waals surface area contributed by atoms with Gasteiger partial charge in [-0.25, -0.2) is 0 Å². The van der Waals surface area contributed by atoms with Crippen molar-refractivity contribution in [2.45, 2.75) is 25.1 Å².